The second-order valence-electron chi connectivity index (χ2n) is 3.81. The van der Waals surface area contributed by atoms with E-state index in [1.165, 1.54) is 26.2 Å². The number of carboxylic acids is 1. The predicted octanol–water partition coefficient (Wildman–Crippen LogP) is -0.907. The Labute approximate surface area is 109 Å². The summed E-state index contributed by atoms with van der Waals surface area (Å²) in [4.78, 5) is 33.8. The topological polar surface area (TPSA) is 111 Å². The van der Waals surface area contributed by atoms with Crippen molar-refractivity contribution in [3.8, 4) is 0 Å². The van der Waals surface area contributed by atoms with E-state index in [0.717, 1.165) is 4.68 Å². The van der Waals surface area contributed by atoms with Gasteiger partial charge in [0.1, 0.15) is 11.7 Å². The first-order valence-electron chi connectivity index (χ1n) is 5.56. The molecule has 1 atom stereocenters. The third-order valence-corrected chi connectivity index (χ3v) is 2.32. The summed E-state index contributed by atoms with van der Waals surface area (Å²) >= 11 is 0. The Morgan fingerprint density at radius 3 is 2.79 bits per heavy atom. The number of hydrogen-bond acceptors (Lipinski definition) is 5. The van der Waals surface area contributed by atoms with Crippen molar-refractivity contribution < 1.29 is 19.4 Å². The van der Waals surface area contributed by atoms with E-state index in [4.69, 9.17) is 9.84 Å². The molecular formula is C11H15N3O5. The molecule has 1 rings (SSSR count). The summed E-state index contributed by atoms with van der Waals surface area (Å²) in [5.74, 6) is -1.80. The van der Waals surface area contributed by atoms with Gasteiger partial charge in [0, 0.05) is 13.2 Å². The third kappa shape index (κ3) is 4.18. The molecule has 0 fully saturated rings. The number of ether oxygens (including phenoxy) is 1. The normalized spacial score (nSPS) is 11.9. The minimum Gasteiger partial charge on any atom is -0.480 e. The van der Waals surface area contributed by atoms with Gasteiger partial charge in [-0.3, -0.25) is 14.4 Å². The van der Waals surface area contributed by atoms with Gasteiger partial charge in [-0.25, -0.2) is 4.68 Å². The number of nitrogens with zero attached hydrogens (tertiary/aromatic N) is 2. The first kappa shape index (κ1) is 14.8. The Bertz CT molecular complexity index is 525. The van der Waals surface area contributed by atoms with Crippen molar-refractivity contribution in [1.29, 1.82) is 0 Å². The molecule has 8 heteroatoms. The molecule has 0 radical (unpaired) electrons. The zero-order chi connectivity index (χ0) is 14.4. The van der Waals surface area contributed by atoms with Crippen LogP contribution >= 0.6 is 0 Å². The van der Waals surface area contributed by atoms with Gasteiger partial charge >= 0.3 is 5.97 Å². The summed E-state index contributed by atoms with van der Waals surface area (Å²) in [5, 5.41) is 14.8. The summed E-state index contributed by atoms with van der Waals surface area (Å²) in [7, 11) is 1.48. The van der Waals surface area contributed by atoms with E-state index >= 15 is 0 Å². The third-order valence-electron chi connectivity index (χ3n) is 2.32. The maximum Gasteiger partial charge on any atom is 0.325 e. The Kier molecular flexibility index (Phi) is 5.19. The van der Waals surface area contributed by atoms with Crippen molar-refractivity contribution in [2.75, 3.05) is 13.7 Å². The van der Waals surface area contributed by atoms with Crippen LogP contribution in [0.4, 0.5) is 0 Å². The molecule has 104 valence electrons. The maximum atomic E-state index is 11.7. The zero-order valence-corrected chi connectivity index (χ0v) is 10.6. The van der Waals surface area contributed by atoms with Gasteiger partial charge in [0.15, 0.2) is 0 Å². The van der Waals surface area contributed by atoms with Crippen molar-refractivity contribution in [3.63, 3.8) is 0 Å². The van der Waals surface area contributed by atoms with Crippen LogP contribution in [0.1, 0.15) is 17.4 Å². The van der Waals surface area contributed by atoms with Crippen LogP contribution in [0.3, 0.4) is 0 Å². The SMILES string of the molecule is COCCn1nc(C(=O)NC(C)C(=O)O)ccc1=O. The minimum absolute atomic E-state index is 0.0243. The molecular weight excluding hydrogens is 254 g/mol. The lowest BCUT2D eigenvalue weighted by atomic mass is 10.3. The van der Waals surface area contributed by atoms with E-state index < -0.39 is 17.9 Å². The molecule has 0 saturated carbocycles. The van der Waals surface area contributed by atoms with E-state index in [9.17, 15) is 14.4 Å². The highest BCUT2D eigenvalue weighted by atomic mass is 16.5. The molecule has 19 heavy (non-hydrogen) atoms. The second kappa shape index (κ2) is 6.64. The number of methoxy groups -OCH3 is 1. The Morgan fingerprint density at radius 2 is 2.21 bits per heavy atom. The highest BCUT2D eigenvalue weighted by Crippen LogP contribution is 1.93. The lowest BCUT2D eigenvalue weighted by molar-refractivity contribution is -0.138. The molecule has 8 nitrogen and oxygen atoms in total. The molecule has 0 spiro atoms. The van der Waals surface area contributed by atoms with Crippen LogP contribution in [0.15, 0.2) is 16.9 Å². The molecule has 1 unspecified atom stereocenters. The Morgan fingerprint density at radius 1 is 1.53 bits per heavy atom. The number of carbonyl (C=O) groups is 2. The number of carboxylic acid groups (broad SMARTS) is 1. The van der Waals surface area contributed by atoms with Gasteiger partial charge in [-0.05, 0) is 13.0 Å². The first-order valence-corrected chi connectivity index (χ1v) is 5.56. The monoisotopic (exact) mass is 269 g/mol. The summed E-state index contributed by atoms with van der Waals surface area (Å²) in [5.41, 5.74) is -0.385. The van der Waals surface area contributed by atoms with Gasteiger partial charge < -0.3 is 15.2 Å². The largest absolute Gasteiger partial charge is 0.480 e. The quantitative estimate of drug-likeness (QED) is 0.692. The molecule has 2 N–H and O–H groups in total. The molecule has 0 aromatic carbocycles. The van der Waals surface area contributed by atoms with Crippen LogP contribution in [-0.2, 0) is 16.1 Å². The van der Waals surface area contributed by atoms with Crippen LogP contribution in [0.5, 0.6) is 0 Å². The molecule has 0 aliphatic heterocycles. The van der Waals surface area contributed by atoms with Crippen LogP contribution in [0.25, 0.3) is 0 Å². The van der Waals surface area contributed by atoms with Crippen molar-refractivity contribution in [2.24, 2.45) is 0 Å². The highest BCUT2D eigenvalue weighted by molar-refractivity contribution is 5.94. The van der Waals surface area contributed by atoms with Crippen LogP contribution in [0.2, 0.25) is 0 Å². The van der Waals surface area contributed by atoms with Crippen molar-refractivity contribution in [3.05, 3.63) is 28.2 Å². The first-order chi connectivity index (χ1) is 8.95. The summed E-state index contributed by atoms with van der Waals surface area (Å²) < 4.78 is 5.91. The molecule has 1 amide bonds. The highest BCUT2D eigenvalue weighted by Gasteiger charge is 2.16. The molecule has 1 aromatic rings. The molecule has 0 bridgehead atoms. The molecule has 1 heterocycles. The number of carbonyl (C=O) groups excluding carboxylic acids is 1. The molecule has 0 saturated heterocycles. The Balaban J connectivity index is 2.86. The smallest absolute Gasteiger partial charge is 0.325 e. The number of aliphatic carboxylic acids is 1. The van der Waals surface area contributed by atoms with Crippen LogP contribution in [-0.4, -0.2) is 46.5 Å². The van der Waals surface area contributed by atoms with Gasteiger partial charge in [-0.2, -0.15) is 5.10 Å². The summed E-state index contributed by atoms with van der Waals surface area (Å²) in [6.45, 7) is 1.83. The maximum absolute atomic E-state index is 11.7. The van der Waals surface area contributed by atoms with Gasteiger partial charge in [-0.1, -0.05) is 0 Å². The minimum atomic E-state index is -1.15. The molecule has 1 aromatic heterocycles. The van der Waals surface area contributed by atoms with Crippen LogP contribution < -0.4 is 10.9 Å². The summed E-state index contributed by atoms with van der Waals surface area (Å²) in [6.07, 6.45) is 0. The van der Waals surface area contributed by atoms with E-state index in [-0.39, 0.29) is 24.4 Å². The lowest BCUT2D eigenvalue weighted by Gasteiger charge is -2.10. The number of amides is 1. The van der Waals surface area contributed by atoms with Gasteiger partial charge in [0.05, 0.1) is 13.2 Å². The van der Waals surface area contributed by atoms with Gasteiger partial charge in [0.2, 0.25) is 0 Å². The lowest BCUT2D eigenvalue weighted by Crippen LogP contribution is -2.39. The zero-order valence-electron chi connectivity index (χ0n) is 10.6. The fraction of sp³-hybridized carbons (Fsp3) is 0.455. The second-order valence-corrected chi connectivity index (χ2v) is 3.81. The van der Waals surface area contributed by atoms with E-state index in [0.29, 0.717) is 0 Å². The van der Waals surface area contributed by atoms with Crippen molar-refractivity contribution in [2.45, 2.75) is 19.5 Å². The Hall–Kier alpha value is -2.22. The van der Waals surface area contributed by atoms with Gasteiger partial charge in [-0.15, -0.1) is 0 Å². The van der Waals surface area contributed by atoms with E-state index in [1.54, 1.807) is 0 Å². The fourth-order valence-electron chi connectivity index (χ4n) is 1.24. The summed E-state index contributed by atoms with van der Waals surface area (Å²) in [6, 6.07) is 1.41. The molecule has 0 aliphatic carbocycles. The number of aromatic nitrogens is 2. The predicted molar refractivity (Wildman–Crippen MR) is 64.9 cm³/mol. The average Bonchev–Trinajstić information content (AvgIpc) is 2.37. The van der Waals surface area contributed by atoms with Crippen molar-refractivity contribution in [1.82, 2.24) is 15.1 Å². The van der Waals surface area contributed by atoms with E-state index in [1.807, 2.05) is 0 Å². The standard InChI is InChI=1S/C11H15N3O5/c1-7(11(17)18)12-10(16)8-3-4-9(15)14(13-8)5-6-19-2/h3-4,7H,5-6H2,1-2H3,(H,12,16)(H,17,18). The number of hydrogen-bond donors (Lipinski definition) is 2. The van der Waals surface area contributed by atoms with Crippen LogP contribution in [0, 0.1) is 0 Å². The van der Waals surface area contributed by atoms with E-state index in [2.05, 4.69) is 10.4 Å². The number of nitrogens with one attached hydrogen (secondary N) is 1. The van der Waals surface area contributed by atoms with Gasteiger partial charge in [0.25, 0.3) is 11.5 Å². The fourth-order valence-corrected chi connectivity index (χ4v) is 1.24. The molecule has 0 aliphatic rings. The number of rotatable bonds is 6. The average molecular weight is 269 g/mol. The van der Waals surface area contributed by atoms with Crippen molar-refractivity contribution >= 4 is 11.9 Å².